The lowest BCUT2D eigenvalue weighted by molar-refractivity contribution is 0.596. The average molecular weight is 323 g/mol. The Morgan fingerprint density at radius 2 is 2.14 bits per heavy atom. The number of hydrogen-bond donors (Lipinski definition) is 2. The van der Waals surface area contributed by atoms with Gasteiger partial charge in [0.2, 0.25) is 0 Å². The zero-order valence-electron chi connectivity index (χ0n) is 11.7. The minimum Gasteiger partial charge on any atom is -0.382 e. The van der Waals surface area contributed by atoms with Crippen LogP contribution in [0.3, 0.4) is 0 Å². The molecule has 112 valence electrons. The summed E-state index contributed by atoms with van der Waals surface area (Å²) in [7, 11) is -3.39. The molecule has 1 atom stereocenters. The number of nitrogens with zero attached hydrogens (tertiary/aromatic N) is 1. The van der Waals surface area contributed by atoms with Gasteiger partial charge in [0, 0.05) is 6.26 Å². The first-order valence-corrected chi connectivity index (χ1v) is 9.43. The van der Waals surface area contributed by atoms with Gasteiger partial charge in [0.1, 0.15) is 9.90 Å². The van der Waals surface area contributed by atoms with E-state index < -0.39 is 9.84 Å². The number of rotatable bonds is 3. The molecule has 1 aromatic carbocycles. The van der Waals surface area contributed by atoms with Gasteiger partial charge in [-0.2, -0.15) is 4.37 Å². The standard InChI is InChI=1S/C14H17N3O2S2/c1-21(18,19)12-13(15)17-20-14(12)16-11-8-4-6-9-5-2-3-7-10(9)11/h2-3,5,7,11,16H,4,6,8H2,1H3,(H2,15,17). The molecule has 5 nitrogen and oxygen atoms in total. The van der Waals surface area contributed by atoms with Crippen LogP contribution in [0.1, 0.15) is 30.0 Å². The van der Waals surface area contributed by atoms with Crippen molar-refractivity contribution in [1.82, 2.24) is 4.37 Å². The van der Waals surface area contributed by atoms with Crippen LogP contribution in [0.5, 0.6) is 0 Å². The highest BCUT2D eigenvalue weighted by Gasteiger charge is 2.25. The Labute approximate surface area is 128 Å². The second kappa shape index (κ2) is 5.31. The molecule has 3 rings (SSSR count). The Bertz CT molecular complexity index is 768. The average Bonchev–Trinajstić information content (AvgIpc) is 2.80. The summed E-state index contributed by atoms with van der Waals surface area (Å²) < 4.78 is 27.7. The van der Waals surface area contributed by atoms with Crippen molar-refractivity contribution in [3.05, 3.63) is 35.4 Å². The van der Waals surface area contributed by atoms with Gasteiger partial charge in [0.15, 0.2) is 15.7 Å². The molecule has 2 aromatic rings. The maximum atomic E-state index is 11.9. The molecule has 3 N–H and O–H groups in total. The van der Waals surface area contributed by atoms with Crippen molar-refractivity contribution in [2.75, 3.05) is 17.3 Å². The van der Waals surface area contributed by atoms with Gasteiger partial charge < -0.3 is 11.1 Å². The molecule has 1 unspecified atom stereocenters. The summed E-state index contributed by atoms with van der Waals surface area (Å²) in [5, 5.41) is 3.87. The first kappa shape index (κ1) is 14.3. The second-order valence-electron chi connectivity index (χ2n) is 5.29. The van der Waals surface area contributed by atoms with Crippen molar-refractivity contribution >= 4 is 32.2 Å². The number of nitrogens with one attached hydrogen (secondary N) is 1. The van der Waals surface area contributed by atoms with Crippen molar-refractivity contribution < 1.29 is 8.42 Å². The molecule has 0 bridgehead atoms. The van der Waals surface area contributed by atoms with Crippen LogP contribution in [0.2, 0.25) is 0 Å². The SMILES string of the molecule is CS(=O)(=O)c1c(N)nsc1NC1CCCc2ccccc21. The lowest BCUT2D eigenvalue weighted by Crippen LogP contribution is -2.17. The molecule has 21 heavy (non-hydrogen) atoms. The molecular weight excluding hydrogens is 306 g/mol. The van der Waals surface area contributed by atoms with Crippen molar-refractivity contribution in [1.29, 1.82) is 0 Å². The van der Waals surface area contributed by atoms with E-state index in [1.165, 1.54) is 11.1 Å². The second-order valence-corrected chi connectivity index (χ2v) is 8.01. The number of nitrogen functional groups attached to an aromatic ring is 1. The van der Waals surface area contributed by atoms with E-state index in [9.17, 15) is 8.42 Å². The van der Waals surface area contributed by atoms with Crippen LogP contribution in [0.25, 0.3) is 0 Å². The molecule has 1 aliphatic rings. The van der Waals surface area contributed by atoms with Crippen LogP contribution in [0.15, 0.2) is 29.2 Å². The highest BCUT2D eigenvalue weighted by atomic mass is 32.2. The van der Waals surface area contributed by atoms with Crippen molar-refractivity contribution in [2.24, 2.45) is 0 Å². The molecule has 7 heteroatoms. The number of aryl methyl sites for hydroxylation is 1. The van der Waals surface area contributed by atoms with Crippen LogP contribution in [-0.4, -0.2) is 19.0 Å². The van der Waals surface area contributed by atoms with Gasteiger partial charge in [-0.25, -0.2) is 8.42 Å². The van der Waals surface area contributed by atoms with Crippen molar-refractivity contribution in [3.8, 4) is 0 Å². The van der Waals surface area contributed by atoms with E-state index in [4.69, 9.17) is 5.73 Å². The third kappa shape index (κ3) is 2.75. The first-order valence-electron chi connectivity index (χ1n) is 6.76. The number of anilines is 2. The molecular formula is C14H17N3O2S2. The highest BCUT2D eigenvalue weighted by molar-refractivity contribution is 7.91. The molecule has 0 saturated carbocycles. The van der Waals surface area contributed by atoms with E-state index in [0.717, 1.165) is 37.1 Å². The van der Waals surface area contributed by atoms with Gasteiger partial charge in [-0.05, 0) is 41.9 Å². The molecule has 0 amide bonds. The largest absolute Gasteiger partial charge is 0.382 e. The highest BCUT2D eigenvalue weighted by Crippen LogP contribution is 2.37. The maximum Gasteiger partial charge on any atom is 0.182 e. The van der Waals surface area contributed by atoms with Crippen LogP contribution in [0.4, 0.5) is 10.8 Å². The summed E-state index contributed by atoms with van der Waals surface area (Å²) in [4.78, 5) is 0.121. The predicted octanol–water partition coefficient (Wildman–Crippen LogP) is 2.62. The topological polar surface area (TPSA) is 85.1 Å². The Morgan fingerprint density at radius 3 is 2.90 bits per heavy atom. The molecule has 0 spiro atoms. The van der Waals surface area contributed by atoms with Crippen LogP contribution >= 0.6 is 11.5 Å². The monoisotopic (exact) mass is 323 g/mol. The molecule has 0 fully saturated rings. The van der Waals surface area contributed by atoms with E-state index in [2.05, 4.69) is 21.8 Å². The van der Waals surface area contributed by atoms with E-state index in [-0.39, 0.29) is 16.8 Å². The number of aromatic nitrogens is 1. The summed E-state index contributed by atoms with van der Waals surface area (Å²) in [6, 6.07) is 8.37. The van der Waals surface area contributed by atoms with E-state index in [0.29, 0.717) is 5.00 Å². The number of hydrogen-bond acceptors (Lipinski definition) is 6. The van der Waals surface area contributed by atoms with Gasteiger partial charge in [0.25, 0.3) is 0 Å². The molecule has 0 radical (unpaired) electrons. The summed E-state index contributed by atoms with van der Waals surface area (Å²) in [5.74, 6) is 0.0779. The van der Waals surface area contributed by atoms with Crippen molar-refractivity contribution in [3.63, 3.8) is 0 Å². The molecule has 1 heterocycles. The maximum absolute atomic E-state index is 11.9. The van der Waals surface area contributed by atoms with Crippen LogP contribution < -0.4 is 11.1 Å². The summed E-state index contributed by atoms with van der Waals surface area (Å²) in [6.07, 6.45) is 4.28. The van der Waals surface area contributed by atoms with E-state index in [1.54, 1.807) is 0 Å². The summed E-state index contributed by atoms with van der Waals surface area (Å²) in [6.45, 7) is 0. The van der Waals surface area contributed by atoms with Crippen molar-refractivity contribution in [2.45, 2.75) is 30.2 Å². The molecule has 0 aliphatic heterocycles. The lowest BCUT2D eigenvalue weighted by Gasteiger charge is -2.26. The lowest BCUT2D eigenvalue weighted by atomic mass is 9.88. The van der Waals surface area contributed by atoms with Crippen LogP contribution in [0, 0.1) is 0 Å². The smallest absolute Gasteiger partial charge is 0.182 e. The quantitative estimate of drug-likeness (QED) is 0.907. The van der Waals surface area contributed by atoms with Gasteiger partial charge in [-0.3, -0.25) is 0 Å². The molecule has 1 aromatic heterocycles. The summed E-state index contributed by atoms with van der Waals surface area (Å²) >= 11 is 1.11. The zero-order chi connectivity index (χ0) is 15.0. The fourth-order valence-corrected chi connectivity index (χ4v) is 4.91. The minimum atomic E-state index is -3.39. The normalized spacial score (nSPS) is 18.2. The Balaban J connectivity index is 1.96. The Hall–Kier alpha value is -1.60. The van der Waals surface area contributed by atoms with E-state index in [1.807, 2.05) is 12.1 Å². The zero-order valence-corrected chi connectivity index (χ0v) is 13.3. The molecule has 0 saturated heterocycles. The first-order chi connectivity index (χ1) is 9.97. The Kier molecular flexibility index (Phi) is 3.62. The van der Waals surface area contributed by atoms with Gasteiger partial charge in [-0.1, -0.05) is 24.3 Å². The number of sulfone groups is 1. The fraction of sp³-hybridized carbons (Fsp3) is 0.357. The molecule has 1 aliphatic carbocycles. The van der Waals surface area contributed by atoms with Crippen LogP contribution in [-0.2, 0) is 16.3 Å². The minimum absolute atomic E-state index is 0.0779. The Morgan fingerprint density at radius 1 is 1.38 bits per heavy atom. The third-order valence-electron chi connectivity index (χ3n) is 3.72. The van der Waals surface area contributed by atoms with Gasteiger partial charge in [0.05, 0.1) is 6.04 Å². The summed E-state index contributed by atoms with van der Waals surface area (Å²) in [5.41, 5.74) is 8.26. The van der Waals surface area contributed by atoms with E-state index >= 15 is 0 Å². The third-order valence-corrected chi connectivity index (χ3v) is 5.80. The predicted molar refractivity (Wildman–Crippen MR) is 85.4 cm³/mol. The number of nitrogens with two attached hydrogens (primary N) is 1. The van der Waals surface area contributed by atoms with Gasteiger partial charge >= 0.3 is 0 Å². The van der Waals surface area contributed by atoms with Gasteiger partial charge in [-0.15, -0.1) is 0 Å². The number of benzene rings is 1. The number of fused-ring (bicyclic) bond motifs is 1. The fourth-order valence-electron chi connectivity index (χ4n) is 2.81.